The maximum Gasteiger partial charge on any atom is 0.156 e. The Bertz CT molecular complexity index is 3160. The summed E-state index contributed by atoms with van der Waals surface area (Å²) in [5.74, 6) is 3.16. The standard InChI is InChI=1S/C50H33N3O2S/c1-2-51-38-17-5-3-15-35(38)37-30-34(25-26-39(37)51)52(42-20-12-24-48-49(42)36-16-4-10-23-47(36)56-48)33-14-11-13-31(27-33)32-28-45-50-46(29-32)55-44-22-9-7-19-41(44)53(50)40-18-6-8-21-43(40)54-45/h3-30H,2H2,1H3. The van der Waals surface area contributed by atoms with E-state index >= 15 is 0 Å². The minimum atomic E-state index is 0.764. The third-order valence-electron chi connectivity index (χ3n) is 11.3. The van der Waals surface area contributed by atoms with Crippen molar-refractivity contribution in [3.05, 3.63) is 170 Å². The van der Waals surface area contributed by atoms with Gasteiger partial charge in [0.2, 0.25) is 0 Å². The third-order valence-corrected chi connectivity index (χ3v) is 12.4. The molecule has 2 aliphatic heterocycles. The number of hydrogen-bond donors (Lipinski definition) is 0. The van der Waals surface area contributed by atoms with Gasteiger partial charge in [-0.2, -0.15) is 0 Å². The van der Waals surface area contributed by atoms with Crippen LogP contribution in [0, 0.1) is 0 Å². The quantitative estimate of drug-likeness (QED) is 0.176. The molecule has 0 unspecified atom stereocenters. The van der Waals surface area contributed by atoms with E-state index in [2.05, 4.69) is 167 Å². The van der Waals surface area contributed by atoms with E-state index in [1.54, 1.807) is 0 Å². The summed E-state index contributed by atoms with van der Waals surface area (Å²) < 4.78 is 18.3. The summed E-state index contributed by atoms with van der Waals surface area (Å²) in [6, 6.07) is 60.7. The Kier molecular flexibility index (Phi) is 6.71. The van der Waals surface area contributed by atoms with Crippen LogP contribution in [0.15, 0.2) is 170 Å². The number of thiophene rings is 1. The number of para-hydroxylation sites is 5. The Hall–Kier alpha value is -7.02. The molecule has 0 saturated carbocycles. The number of rotatable bonds is 5. The van der Waals surface area contributed by atoms with Gasteiger partial charge in [0.05, 0.1) is 17.1 Å². The number of hydrogen-bond acceptors (Lipinski definition) is 5. The van der Waals surface area contributed by atoms with E-state index in [9.17, 15) is 0 Å². The highest BCUT2D eigenvalue weighted by Crippen LogP contribution is 2.60. The summed E-state index contributed by atoms with van der Waals surface area (Å²) in [5, 5.41) is 5.03. The van der Waals surface area contributed by atoms with Gasteiger partial charge < -0.3 is 18.9 Å². The Labute approximate surface area is 327 Å². The average Bonchev–Trinajstić information content (AvgIpc) is 3.79. The van der Waals surface area contributed by atoms with E-state index in [0.717, 1.165) is 74.8 Å². The molecule has 0 aliphatic carbocycles. The lowest BCUT2D eigenvalue weighted by molar-refractivity contribution is 0.446. The second-order valence-electron chi connectivity index (χ2n) is 14.4. The number of anilines is 6. The Morgan fingerprint density at radius 2 is 1.14 bits per heavy atom. The van der Waals surface area contributed by atoms with E-state index in [0.29, 0.717) is 0 Å². The van der Waals surface area contributed by atoms with Crippen LogP contribution >= 0.6 is 11.3 Å². The first-order chi connectivity index (χ1) is 27.7. The molecule has 2 aliphatic rings. The second-order valence-corrected chi connectivity index (χ2v) is 15.5. The summed E-state index contributed by atoms with van der Waals surface area (Å²) >= 11 is 1.85. The van der Waals surface area contributed by atoms with Crippen molar-refractivity contribution in [2.45, 2.75) is 13.5 Å². The van der Waals surface area contributed by atoms with Gasteiger partial charge in [0.15, 0.2) is 23.0 Å². The predicted molar refractivity (Wildman–Crippen MR) is 233 cm³/mol. The summed E-state index contributed by atoms with van der Waals surface area (Å²) in [7, 11) is 0. The molecular formula is C50H33N3O2S. The lowest BCUT2D eigenvalue weighted by Crippen LogP contribution is -2.20. The van der Waals surface area contributed by atoms with Crippen molar-refractivity contribution in [1.29, 1.82) is 0 Å². The van der Waals surface area contributed by atoms with E-state index in [1.807, 2.05) is 35.6 Å². The fourth-order valence-electron chi connectivity index (χ4n) is 8.90. The van der Waals surface area contributed by atoms with Gasteiger partial charge in [-0.25, -0.2) is 0 Å². The first-order valence-corrected chi connectivity index (χ1v) is 19.9. The normalized spacial score (nSPS) is 12.7. The molecule has 5 nitrogen and oxygen atoms in total. The van der Waals surface area contributed by atoms with Gasteiger partial charge in [0.1, 0.15) is 5.69 Å². The fourth-order valence-corrected chi connectivity index (χ4v) is 10.0. The van der Waals surface area contributed by atoms with Crippen LogP contribution in [0.25, 0.3) is 53.1 Å². The van der Waals surface area contributed by atoms with Crippen molar-refractivity contribution >= 4 is 87.4 Å². The third kappa shape index (κ3) is 4.54. The molecule has 0 saturated heterocycles. The van der Waals surface area contributed by atoms with Crippen molar-refractivity contribution in [3.8, 4) is 34.1 Å². The monoisotopic (exact) mass is 739 g/mol. The van der Waals surface area contributed by atoms with Crippen LogP contribution in [-0.4, -0.2) is 4.57 Å². The summed E-state index contributed by atoms with van der Waals surface area (Å²) in [4.78, 5) is 4.70. The Morgan fingerprint density at radius 3 is 1.93 bits per heavy atom. The molecule has 0 radical (unpaired) electrons. The first-order valence-electron chi connectivity index (χ1n) is 19.1. The van der Waals surface area contributed by atoms with Gasteiger partial charge in [-0.05, 0) is 109 Å². The lowest BCUT2D eigenvalue weighted by Gasteiger charge is -2.38. The van der Waals surface area contributed by atoms with Crippen molar-refractivity contribution in [1.82, 2.24) is 4.57 Å². The zero-order valence-corrected chi connectivity index (χ0v) is 31.3. The summed E-state index contributed by atoms with van der Waals surface area (Å²) in [6.45, 7) is 3.13. The highest BCUT2D eigenvalue weighted by molar-refractivity contribution is 7.26. The average molecular weight is 740 g/mol. The van der Waals surface area contributed by atoms with Crippen LogP contribution in [0.3, 0.4) is 0 Å². The minimum Gasteiger partial charge on any atom is -0.453 e. The second kappa shape index (κ2) is 12.0. The smallest absolute Gasteiger partial charge is 0.156 e. The fraction of sp³-hybridized carbons (Fsp3) is 0.0400. The van der Waals surface area contributed by atoms with Crippen molar-refractivity contribution in [2.24, 2.45) is 0 Å². The Balaban J connectivity index is 1.07. The van der Waals surface area contributed by atoms with Crippen molar-refractivity contribution in [2.75, 3.05) is 9.80 Å². The number of nitrogens with zero attached hydrogens (tertiary/aromatic N) is 3. The molecule has 0 N–H and O–H groups in total. The molecule has 6 heteroatoms. The van der Waals surface area contributed by atoms with Crippen LogP contribution in [-0.2, 0) is 6.54 Å². The first kappa shape index (κ1) is 31.3. The minimum absolute atomic E-state index is 0.764. The molecule has 266 valence electrons. The largest absolute Gasteiger partial charge is 0.453 e. The van der Waals surface area contributed by atoms with Crippen LogP contribution in [0.1, 0.15) is 6.92 Å². The summed E-state index contributed by atoms with van der Waals surface area (Å²) in [5.41, 5.74) is 10.8. The molecule has 0 bridgehead atoms. The zero-order chi connectivity index (χ0) is 36.9. The number of aromatic nitrogens is 1. The van der Waals surface area contributed by atoms with Crippen LogP contribution in [0.2, 0.25) is 0 Å². The molecule has 0 fully saturated rings. The SMILES string of the molecule is CCn1c2ccccc2c2cc(N(c3cccc(-c4cc5c6c(c4)Oc4ccccc4N6c4ccccc4O5)c3)c3cccc4sc5ccccc5c34)ccc21. The number of benzene rings is 8. The van der Waals surface area contributed by atoms with Gasteiger partial charge in [-0.3, -0.25) is 4.90 Å². The number of ether oxygens (including phenoxy) is 2. The molecule has 12 rings (SSSR count). The molecular weight excluding hydrogens is 707 g/mol. The number of fused-ring (bicyclic) bond motifs is 10. The van der Waals surface area contributed by atoms with E-state index in [-0.39, 0.29) is 0 Å². The maximum absolute atomic E-state index is 6.65. The van der Waals surface area contributed by atoms with Gasteiger partial charge in [-0.1, -0.05) is 78.9 Å². The molecule has 0 spiro atoms. The highest BCUT2D eigenvalue weighted by Gasteiger charge is 2.35. The molecule has 4 heterocycles. The molecule has 8 aromatic carbocycles. The van der Waals surface area contributed by atoms with Crippen molar-refractivity contribution in [3.63, 3.8) is 0 Å². The lowest BCUT2D eigenvalue weighted by atomic mass is 9.99. The molecule has 56 heavy (non-hydrogen) atoms. The molecule has 2 aromatic heterocycles. The maximum atomic E-state index is 6.65. The van der Waals surface area contributed by atoms with Crippen LogP contribution in [0.5, 0.6) is 23.0 Å². The van der Waals surface area contributed by atoms with Gasteiger partial charge in [0.25, 0.3) is 0 Å². The van der Waals surface area contributed by atoms with E-state index in [4.69, 9.17) is 9.47 Å². The predicted octanol–water partition coefficient (Wildman–Crippen LogP) is 15.0. The summed E-state index contributed by atoms with van der Waals surface area (Å²) in [6.07, 6.45) is 0. The van der Waals surface area contributed by atoms with Crippen molar-refractivity contribution < 1.29 is 9.47 Å². The van der Waals surface area contributed by atoms with Crippen LogP contribution in [0.4, 0.5) is 34.1 Å². The molecule has 0 amide bonds. The molecule has 10 aromatic rings. The number of aryl methyl sites for hydroxylation is 1. The topological polar surface area (TPSA) is 29.9 Å². The molecule has 0 atom stereocenters. The van der Waals surface area contributed by atoms with E-state index in [1.165, 1.54) is 42.0 Å². The van der Waals surface area contributed by atoms with E-state index < -0.39 is 0 Å². The van der Waals surface area contributed by atoms with Gasteiger partial charge in [-0.15, -0.1) is 11.3 Å². The Morgan fingerprint density at radius 1 is 0.500 bits per heavy atom. The van der Waals surface area contributed by atoms with Crippen LogP contribution < -0.4 is 19.3 Å². The van der Waals surface area contributed by atoms with Gasteiger partial charge >= 0.3 is 0 Å². The zero-order valence-electron chi connectivity index (χ0n) is 30.4. The van der Waals surface area contributed by atoms with Gasteiger partial charge in [0, 0.05) is 59.9 Å². The highest BCUT2D eigenvalue weighted by atomic mass is 32.1.